The van der Waals surface area contributed by atoms with Gasteiger partial charge in [0.15, 0.2) is 11.2 Å². The van der Waals surface area contributed by atoms with Gasteiger partial charge >= 0.3 is 11.9 Å². The van der Waals surface area contributed by atoms with E-state index in [0.29, 0.717) is 5.56 Å². The second kappa shape index (κ2) is 7.22. The van der Waals surface area contributed by atoms with E-state index in [1.807, 2.05) is 0 Å². The summed E-state index contributed by atoms with van der Waals surface area (Å²) in [5, 5.41) is 2.61. The van der Waals surface area contributed by atoms with E-state index in [1.165, 1.54) is 41.7 Å². The molecule has 2 aromatic heterocycles. The molecule has 1 N–H and O–H groups in total. The fraction of sp³-hybridized carbons (Fsp3) is 0.333. The number of rotatable bonds is 4. The van der Waals surface area contributed by atoms with Crippen molar-refractivity contribution in [2.45, 2.75) is 25.7 Å². The fourth-order valence-electron chi connectivity index (χ4n) is 3.03. The smallest absolute Gasteiger partial charge is 0.348 e. The molecule has 0 saturated heterocycles. The molecule has 0 radical (unpaired) electrons. The summed E-state index contributed by atoms with van der Waals surface area (Å²) in [4.78, 5) is 40.8. The summed E-state index contributed by atoms with van der Waals surface area (Å²) >= 11 is 0. The van der Waals surface area contributed by atoms with E-state index in [9.17, 15) is 27.6 Å². The molecule has 2 heterocycles. The number of carbonyl (C=O) groups is 1. The van der Waals surface area contributed by atoms with E-state index < -0.39 is 34.9 Å². The van der Waals surface area contributed by atoms with Crippen LogP contribution in [0, 0.1) is 0 Å². The van der Waals surface area contributed by atoms with E-state index in [-0.39, 0.29) is 17.7 Å². The van der Waals surface area contributed by atoms with Gasteiger partial charge in [0, 0.05) is 14.1 Å². The summed E-state index contributed by atoms with van der Waals surface area (Å²) in [7, 11) is 2.77. The van der Waals surface area contributed by atoms with Gasteiger partial charge in [0.2, 0.25) is 5.91 Å². The lowest BCUT2D eigenvalue weighted by molar-refractivity contribution is -0.137. The van der Waals surface area contributed by atoms with Crippen LogP contribution in [0.25, 0.3) is 11.2 Å². The summed E-state index contributed by atoms with van der Waals surface area (Å²) in [6.07, 6.45) is -3.22. The van der Waals surface area contributed by atoms with E-state index >= 15 is 0 Å². The first-order valence-corrected chi connectivity index (χ1v) is 8.58. The molecule has 3 rings (SSSR count). The summed E-state index contributed by atoms with van der Waals surface area (Å²) < 4.78 is 42.0. The third-order valence-electron chi connectivity index (χ3n) is 4.62. The predicted molar refractivity (Wildman–Crippen MR) is 98.2 cm³/mol. The number of amides is 1. The molecule has 1 atom stereocenters. The summed E-state index contributed by atoms with van der Waals surface area (Å²) in [6, 6.07) is 4.00. The number of nitrogens with one attached hydrogen (secondary N) is 1. The van der Waals surface area contributed by atoms with Crippen molar-refractivity contribution in [3.63, 3.8) is 0 Å². The van der Waals surface area contributed by atoms with E-state index in [2.05, 4.69) is 10.3 Å². The quantitative estimate of drug-likeness (QED) is 0.704. The van der Waals surface area contributed by atoms with E-state index in [4.69, 9.17) is 0 Å². The maximum Gasteiger partial charge on any atom is 0.416 e. The van der Waals surface area contributed by atoms with Gasteiger partial charge < -0.3 is 9.88 Å². The largest absolute Gasteiger partial charge is 0.416 e. The molecular formula is C18H18F3N5O3. The molecule has 0 aliphatic heterocycles. The van der Waals surface area contributed by atoms with Crippen molar-refractivity contribution < 1.29 is 18.0 Å². The second-order valence-corrected chi connectivity index (χ2v) is 6.66. The minimum Gasteiger partial charge on any atom is -0.348 e. The summed E-state index contributed by atoms with van der Waals surface area (Å²) in [5.41, 5.74) is -1.44. The van der Waals surface area contributed by atoms with Gasteiger partial charge in [-0.05, 0) is 24.6 Å². The number of aromatic nitrogens is 4. The first-order valence-electron chi connectivity index (χ1n) is 8.58. The van der Waals surface area contributed by atoms with E-state index in [0.717, 1.165) is 16.7 Å². The number of benzene rings is 1. The van der Waals surface area contributed by atoms with Crippen LogP contribution < -0.4 is 16.6 Å². The molecule has 0 fully saturated rings. The van der Waals surface area contributed by atoms with E-state index in [1.54, 1.807) is 6.92 Å². The van der Waals surface area contributed by atoms with Crippen LogP contribution >= 0.6 is 0 Å². The highest BCUT2D eigenvalue weighted by atomic mass is 19.4. The van der Waals surface area contributed by atoms with Crippen LogP contribution in [0.15, 0.2) is 40.2 Å². The third kappa shape index (κ3) is 3.80. The maximum atomic E-state index is 12.9. The minimum atomic E-state index is -4.48. The molecule has 3 aromatic rings. The van der Waals surface area contributed by atoms with Crippen LogP contribution in [-0.2, 0) is 31.6 Å². The standard InChI is InChI=1S/C18H18F3N5O3/c1-10(11-5-4-6-12(7-11)18(19,20)21)23-13(27)8-26-9-22-15-14(26)16(28)25(3)17(29)24(15)2/h4-7,9-10H,8H2,1-3H3,(H,23,27). The second-order valence-electron chi connectivity index (χ2n) is 6.66. The molecule has 1 aromatic carbocycles. The van der Waals surface area contributed by atoms with Gasteiger partial charge in [-0.2, -0.15) is 13.2 Å². The highest BCUT2D eigenvalue weighted by Crippen LogP contribution is 2.30. The van der Waals surface area contributed by atoms with Crippen molar-refractivity contribution in [2.24, 2.45) is 14.1 Å². The van der Waals surface area contributed by atoms with Gasteiger partial charge in [0.25, 0.3) is 5.56 Å². The Bertz CT molecular complexity index is 1210. The molecule has 154 valence electrons. The normalized spacial score (nSPS) is 12.9. The van der Waals surface area contributed by atoms with Gasteiger partial charge in [-0.3, -0.25) is 18.7 Å². The van der Waals surface area contributed by atoms with Crippen molar-refractivity contribution in [3.05, 3.63) is 62.6 Å². The summed E-state index contributed by atoms with van der Waals surface area (Å²) in [6.45, 7) is 1.27. The monoisotopic (exact) mass is 409 g/mol. The molecule has 0 saturated carbocycles. The van der Waals surface area contributed by atoms with Gasteiger partial charge in [-0.15, -0.1) is 0 Å². The number of hydrogen-bond donors (Lipinski definition) is 1. The lowest BCUT2D eigenvalue weighted by atomic mass is 10.0. The van der Waals surface area contributed by atoms with Crippen LogP contribution in [0.5, 0.6) is 0 Å². The first-order chi connectivity index (χ1) is 13.5. The average Bonchev–Trinajstić information content (AvgIpc) is 3.07. The molecule has 0 bridgehead atoms. The molecule has 0 aliphatic rings. The number of halogens is 3. The Morgan fingerprint density at radius 1 is 1.21 bits per heavy atom. The highest BCUT2D eigenvalue weighted by molar-refractivity contribution is 5.79. The highest BCUT2D eigenvalue weighted by Gasteiger charge is 2.30. The summed E-state index contributed by atoms with van der Waals surface area (Å²) in [5.74, 6) is -0.523. The van der Waals surface area contributed by atoms with Crippen molar-refractivity contribution >= 4 is 17.1 Å². The Hall–Kier alpha value is -3.37. The number of aryl methyl sites for hydroxylation is 1. The zero-order valence-electron chi connectivity index (χ0n) is 15.8. The van der Waals surface area contributed by atoms with Gasteiger partial charge in [0.1, 0.15) is 6.54 Å². The Morgan fingerprint density at radius 3 is 2.55 bits per heavy atom. The maximum absolute atomic E-state index is 12.9. The van der Waals surface area contributed by atoms with Gasteiger partial charge in [-0.1, -0.05) is 12.1 Å². The molecule has 1 amide bonds. The molecule has 0 aliphatic carbocycles. The Kier molecular flexibility index (Phi) is 5.07. The van der Waals surface area contributed by atoms with Crippen LogP contribution in [0.2, 0.25) is 0 Å². The molecule has 11 heteroatoms. The molecule has 0 spiro atoms. The van der Waals surface area contributed by atoms with Crippen LogP contribution in [0.4, 0.5) is 13.2 Å². The molecule has 1 unspecified atom stereocenters. The third-order valence-corrected chi connectivity index (χ3v) is 4.62. The fourth-order valence-corrected chi connectivity index (χ4v) is 3.03. The average molecular weight is 409 g/mol. The number of fused-ring (bicyclic) bond motifs is 1. The topological polar surface area (TPSA) is 90.9 Å². The number of imidazole rings is 1. The van der Waals surface area contributed by atoms with Gasteiger partial charge in [0.05, 0.1) is 17.9 Å². The molecule has 29 heavy (non-hydrogen) atoms. The zero-order chi connectivity index (χ0) is 21.5. The van der Waals surface area contributed by atoms with Crippen LogP contribution in [-0.4, -0.2) is 24.6 Å². The number of carbonyl (C=O) groups excluding carboxylic acids is 1. The lowest BCUT2D eigenvalue weighted by Crippen LogP contribution is -2.38. The lowest BCUT2D eigenvalue weighted by Gasteiger charge is -2.16. The first kappa shape index (κ1) is 20.4. The van der Waals surface area contributed by atoms with Crippen LogP contribution in [0.3, 0.4) is 0 Å². The number of nitrogens with zero attached hydrogens (tertiary/aromatic N) is 4. The van der Waals surface area contributed by atoms with Crippen molar-refractivity contribution in [2.75, 3.05) is 0 Å². The number of hydrogen-bond acceptors (Lipinski definition) is 4. The van der Waals surface area contributed by atoms with Crippen molar-refractivity contribution in [1.82, 2.24) is 24.0 Å². The number of alkyl halides is 3. The predicted octanol–water partition coefficient (Wildman–Crippen LogP) is 1.33. The SMILES string of the molecule is CC(NC(=O)Cn1cnc2c1c(=O)n(C)c(=O)n2C)c1cccc(C(F)(F)F)c1. The zero-order valence-corrected chi connectivity index (χ0v) is 15.8. The van der Waals surface area contributed by atoms with Gasteiger partial charge in [-0.25, -0.2) is 9.78 Å². The van der Waals surface area contributed by atoms with Crippen molar-refractivity contribution in [3.8, 4) is 0 Å². The minimum absolute atomic E-state index is 0.0801. The van der Waals surface area contributed by atoms with Crippen LogP contribution in [0.1, 0.15) is 24.1 Å². The Morgan fingerprint density at radius 2 is 1.90 bits per heavy atom. The Balaban J connectivity index is 1.83. The molecule has 8 nitrogen and oxygen atoms in total. The van der Waals surface area contributed by atoms with Crippen molar-refractivity contribution in [1.29, 1.82) is 0 Å². The Labute approximate surface area is 162 Å². The molecular weight excluding hydrogens is 391 g/mol.